The van der Waals surface area contributed by atoms with Crippen molar-refractivity contribution in [1.29, 1.82) is 0 Å². The summed E-state index contributed by atoms with van der Waals surface area (Å²) in [5.41, 5.74) is 4.20. The third-order valence-electron chi connectivity index (χ3n) is 3.67. The van der Waals surface area contributed by atoms with Gasteiger partial charge in [-0.05, 0) is 41.2 Å². The van der Waals surface area contributed by atoms with Gasteiger partial charge in [0.05, 0.1) is 5.02 Å². The second-order valence-electron chi connectivity index (χ2n) is 5.81. The maximum Gasteiger partial charge on any atom is 0.271 e. The number of benzene rings is 2. The fourth-order valence-electron chi connectivity index (χ4n) is 2.55. The Bertz CT molecular complexity index is 655. The van der Waals surface area contributed by atoms with Crippen LogP contribution in [0.1, 0.15) is 43.4 Å². The van der Waals surface area contributed by atoms with Crippen LogP contribution in [-0.4, -0.2) is 0 Å². The average Bonchev–Trinajstić information content (AvgIpc) is 2.36. The standard InChI is InChI=1S/C18H19ClF2/c1-11(2)15-7-5-13(9-12(15)3)14-6-8-16(17(19)10-14)18(4,20)21/h5-11H,1-4H3. The van der Waals surface area contributed by atoms with Gasteiger partial charge in [-0.3, -0.25) is 0 Å². The van der Waals surface area contributed by atoms with Gasteiger partial charge in [-0.15, -0.1) is 0 Å². The lowest BCUT2D eigenvalue weighted by molar-refractivity contribution is 0.0176. The highest BCUT2D eigenvalue weighted by atomic mass is 35.5. The zero-order valence-electron chi connectivity index (χ0n) is 12.7. The highest BCUT2D eigenvalue weighted by molar-refractivity contribution is 6.31. The fourth-order valence-corrected chi connectivity index (χ4v) is 2.90. The zero-order valence-corrected chi connectivity index (χ0v) is 13.4. The molecule has 0 amide bonds. The van der Waals surface area contributed by atoms with E-state index < -0.39 is 5.92 Å². The lowest BCUT2D eigenvalue weighted by Crippen LogP contribution is -2.07. The van der Waals surface area contributed by atoms with Crippen molar-refractivity contribution in [2.45, 2.75) is 39.5 Å². The Morgan fingerprint density at radius 2 is 1.57 bits per heavy atom. The summed E-state index contributed by atoms with van der Waals surface area (Å²) in [5.74, 6) is -2.46. The highest BCUT2D eigenvalue weighted by Gasteiger charge is 2.27. The Morgan fingerprint density at radius 1 is 1.00 bits per heavy atom. The van der Waals surface area contributed by atoms with E-state index in [4.69, 9.17) is 11.6 Å². The van der Waals surface area contributed by atoms with Crippen LogP contribution >= 0.6 is 11.6 Å². The Balaban J connectivity index is 2.44. The molecule has 0 fully saturated rings. The molecule has 112 valence electrons. The van der Waals surface area contributed by atoms with Gasteiger partial charge in [0.15, 0.2) is 0 Å². The molecule has 0 unspecified atom stereocenters. The van der Waals surface area contributed by atoms with E-state index in [0.717, 1.165) is 18.1 Å². The average molecular weight is 309 g/mol. The fraction of sp³-hybridized carbons (Fsp3) is 0.333. The molecule has 0 atom stereocenters. The van der Waals surface area contributed by atoms with Gasteiger partial charge in [-0.2, -0.15) is 0 Å². The number of hydrogen-bond acceptors (Lipinski definition) is 0. The number of halogens is 3. The third-order valence-corrected chi connectivity index (χ3v) is 3.98. The van der Waals surface area contributed by atoms with Crippen LogP contribution in [0.5, 0.6) is 0 Å². The van der Waals surface area contributed by atoms with Crippen LogP contribution < -0.4 is 0 Å². The molecule has 2 aromatic carbocycles. The van der Waals surface area contributed by atoms with Crippen LogP contribution in [0.25, 0.3) is 11.1 Å². The summed E-state index contributed by atoms with van der Waals surface area (Å²) in [7, 11) is 0. The lowest BCUT2D eigenvalue weighted by Gasteiger charge is -2.15. The summed E-state index contributed by atoms with van der Waals surface area (Å²) in [6.07, 6.45) is 0. The van der Waals surface area contributed by atoms with Crippen LogP contribution in [0.15, 0.2) is 36.4 Å². The van der Waals surface area contributed by atoms with Crippen molar-refractivity contribution in [1.82, 2.24) is 0 Å². The maximum absolute atomic E-state index is 13.4. The SMILES string of the molecule is Cc1cc(-c2ccc(C(C)(F)F)c(Cl)c2)ccc1C(C)C. The van der Waals surface area contributed by atoms with Gasteiger partial charge in [-0.1, -0.05) is 55.8 Å². The van der Waals surface area contributed by atoms with Crippen LogP contribution in [0.4, 0.5) is 8.78 Å². The smallest absolute Gasteiger partial charge is 0.202 e. The van der Waals surface area contributed by atoms with E-state index in [9.17, 15) is 8.78 Å². The van der Waals surface area contributed by atoms with Crippen molar-refractivity contribution < 1.29 is 8.78 Å². The predicted octanol–water partition coefficient (Wildman–Crippen LogP) is 6.55. The summed E-state index contributed by atoms with van der Waals surface area (Å²) in [6, 6.07) is 10.9. The molecule has 0 aliphatic heterocycles. The molecule has 2 aromatic rings. The van der Waals surface area contributed by atoms with Crippen LogP contribution in [0.3, 0.4) is 0 Å². The molecular formula is C18H19ClF2. The molecule has 0 radical (unpaired) electrons. The van der Waals surface area contributed by atoms with Crippen LogP contribution in [0, 0.1) is 6.92 Å². The van der Waals surface area contributed by atoms with Gasteiger partial charge < -0.3 is 0 Å². The first-order chi connectivity index (χ1) is 9.70. The van der Waals surface area contributed by atoms with Crippen molar-refractivity contribution in [3.05, 3.63) is 58.1 Å². The topological polar surface area (TPSA) is 0 Å². The minimum atomic E-state index is -2.92. The normalized spacial score (nSPS) is 12.0. The summed E-state index contributed by atoms with van der Waals surface area (Å²) < 4.78 is 26.7. The van der Waals surface area contributed by atoms with E-state index in [1.807, 2.05) is 6.07 Å². The van der Waals surface area contributed by atoms with Gasteiger partial charge in [0.1, 0.15) is 0 Å². The van der Waals surface area contributed by atoms with Gasteiger partial charge in [0.2, 0.25) is 0 Å². The molecule has 0 bridgehead atoms. The molecule has 3 heteroatoms. The second-order valence-corrected chi connectivity index (χ2v) is 6.22. The molecule has 0 aliphatic carbocycles. The van der Waals surface area contributed by atoms with Crippen molar-refractivity contribution in [2.24, 2.45) is 0 Å². The van der Waals surface area contributed by atoms with Gasteiger partial charge in [-0.25, -0.2) is 8.78 Å². The van der Waals surface area contributed by atoms with Gasteiger partial charge in [0, 0.05) is 12.5 Å². The van der Waals surface area contributed by atoms with E-state index in [0.29, 0.717) is 5.92 Å². The Kier molecular flexibility index (Phi) is 4.38. The Morgan fingerprint density at radius 3 is 2.05 bits per heavy atom. The minimum Gasteiger partial charge on any atom is -0.202 e. The molecule has 0 saturated carbocycles. The molecule has 0 spiro atoms. The second kappa shape index (κ2) is 5.76. The van der Waals surface area contributed by atoms with Gasteiger partial charge >= 0.3 is 0 Å². The predicted molar refractivity (Wildman–Crippen MR) is 85.3 cm³/mol. The summed E-state index contributed by atoms with van der Waals surface area (Å²) in [4.78, 5) is 0. The number of aryl methyl sites for hydroxylation is 1. The van der Waals surface area contributed by atoms with E-state index >= 15 is 0 Å². The van der Waals surface area contributed by atoms with Crippen molar-refractivity contribution in [3.8, 4) is 11.1 Å². The van der Waals surface area contributed by atoms with Crippen molar-refractivity contribution >= 4 is 11.6 Å². The molecule has 0 heterocycles. The zero-order chi connectivity index (χ0) is 15.8. The van der Waals surface area contributed by atoms with E-state index in [1.54, 1.807) is 12.1 Å². The first-order valence-electron chi connectivity index (χ1n) is 6.99. The first-order valence-corrected chi connectivity index (χ1v) is 7.36. The molecule has 0 aromatic heterocycles. The largest absolute Gasteiger partial charge is 0.271 e. The molecule has 2 rings (SSSR count). The molecule has 0 aliphatic rings. The number of rotatable bonds is 3. The molecular weight excluding hydrogens is 290 g/mol. The number of hydrogen-bond donors (Lipinski definition) is 0. The minimum absolute atomic E-state index is 0.102. The monoisotopic (exact) mass is 308 g/mol. The summed E-state index contributed by atoms with van der Waals surface area (Å²) in [5, 5.41) is 0.102. The van der Waals surface area contributed by atoms with Crippen LogP contribution in [0.2, 0.25) is 5.02 Å². The van der Waals surface area contributed by atoms with Crippen LogP contribution in [-0.2, 0) is 5.92 Å². The third kappa shape index (κ3) is 3.44. The lowest BCUT2D eigenvalue weighted by atomic mass is 9.93. The maximum atomic E-state index is 13.4. The molecule has 0 nitrogen and oxygen atoms in total. The Labute approximate surface area is 129 Å². The number of alkyl halides is 2. The highest BCUT2D eigenvalue weighted by Crippen LogP contribution is 2.36. The van der Waals surface area contributed by atoms with Crippen molar-refractivity contribution in [2.75, 3.05) is 0 Å². The van der Waals surface area contributed by atoms with Gasteiger partial charge in [0.25, 0.3) is 5.92 Å². The van der Waals surface area contributed by atoms with E-state index in [1.165, 1.54) is 17.2 Å². The van der Waals surface area contributed by atoms with Crippen molar-refractivity contribution in [3.63, 3.8) is 0 Å². The quantitative estimate of drug-likeness (QED) is 0.603. The molecule has 0 saturated heterocycles. The summed E-state index contributed by atoms with van der Waals surface area (Å²) >= 11 is 6.01. The molecule has 0 N–H and O–H groups in total. The van der Waals surface area contributed by atoms with E-state index in [2.05, 4.69) is 32.9 Å². The molecule has 21 heavy (non-hydrogen) atoms. The summed E-state index contributed by atoms with van der Waals surface area (Å²) in [6.45, 7) is 7.22. The first kappa shape index (κ1) is 16.0. The Hall–Kier alpha value is -1.41. The van der Waals surface area contributed by atoms with E-state index in [-0.39, 0.29) is 10.6 Å².